The van der Waals surface area contributed by atoms with Gasteiger partial charge in [-0.2, -0.15) is 10.2 Å². The Morgan fingerprint density at radius 1 is 1.02 bits per heavy atom. The van der Waals surface area contributed by atoms with Crippen LogP contribution in [0.3, 0.4) is 0 Å². The topological polar surface area (TPSA) is 111 Å². The zero-order valence-corrected chi connectivity index (χ0v) is 22.1. The Hall–Kier alpha value is -3.94. The van der Waals surface area contributed by atoms with Gasteiger partial charge in [0.2, 0.25) is 0 Å². The number of fused-ring (bicyclic) bond motifs is 1. The molecule has 2 aliphatic rings. The molecule has 6 rings (SSSR count). The molecule has 40 heavy (non-hydrogen) atoms. The largest absolute Gasteiger partial charge is 0.379 e. The molecule has 2 saturated heterocycles. The average Bonchev–Trinajstić information content (AvgIpc) is 3.75. The lowest BCUT2D eigenvalue weighted by molar-refractivity contribution is 0.0360. The number of rotatable bonds is 8. The summed E-state index contributed by atoms with van der Waals surface area (Å²) in [5.74, 6) is -2.17. The van der Waals surface area contributed by atoms with Gasteiger partial charge in [-0.3, -0.25) is 14.4 Å². The normalized spacial score (nSPS) is 17.9. The number of ether oxygens (including phenoxy) is 2. The van der Waals surface area contributed by atoms with Gasteiger partial charge in [0, 0.05) is 73.5 Å². The van der Waals surface area contributed by atoms with Crippen LogP contribution in [0.1, 0.15) is 16.8 Å². The van der Waals surface area contributed by atoms with Gasteiger partial charge in [-0.05, 0) is 18.6 Å². The van der Waals surface area contributed by atoms with Crippen molar-refractivity contribution in [1.29, 1.82) is 0 Å². The van der Waals surface area contributed by atoms with Crippen LogP contribution in [-0.4, -0.2) is 94.3 Å². The van der Waals surface area contributed by atoms with Crippen molar-refractivity contribution in [3.8, 4) is 22.3 Å². The monoisotopic (exact) mass is 552 g/mol. The quantitative estimate of drug-likeness (QED) is 0.343. The van der Waals surface area contributed by atoms with Crippen molar-refractivity contribution in [3.05, 3.63) is 54.1 Å². The number of morpholine rings is 1. The summed E-state index contributed by atoms with van der Waals surface area (Å²) in [6.45, 7) is 6.08. The van der Waals surface area contributed by atoms with E-state index in [1.54, 1.807) is 12.4 Å². The number of nitrogens with one attached hydrogen (secondary N) is 2. The van der Waals surface area contributed by atoms with Gasteiger partial charge in [-0.25, -0.2) is 18.3 Å². The van der Waals surface area contributed by atoms with Crippen LogP contribution in [0.25, 0.3) is 27.9 Å². The van der Waals surface area contributed by atoms with Crippen molar-refractivity contribution in [2.75, 3.05) is 58.4 Å². The predicted octanol–water partition coefficient (Wildman–Crippen LogP) is 2.43. The zero-order valence-electron chi connectivity index (χ0n) is 22.1. The summed E-state index contributed by atoms with van der Waals surface area (Å²) >= 11 is 0. The fraction of sp³-hybridized carbons (Fsp3) is 0.407. The number of halogens is 2. The van der Waals surface area contributed by atoms with Crippen LogP contribution in [0.5, 0.6) is 0 Å². The molecule has 1 aromatic carbocycles. The molecule has 0 aliphatic carbocycles. The third-order valence-electron chi connectivity index (χ3n) is 7.26. The van der Waals surface area contributed by atoms with Gasteiger partial charge in [-0.15, -0.1) is 0 Å². The number of amides is 1. The van der Waals surface area contributed by atoms with Crippen molar-refractivity contribution in [3.63, 3.8) is 0 Å². The number of aromatic nitrogens is 5. The molecule has 1 unspecified atom stereocenters. The maximum Gasteiger partial charge on any atom is 0.251 e. The van der Waals surface area contributed by atoms with Gasteiger partial charge >= 0.3 is 0 Å². The third-order valence-corrected chi connectivity index (χ3v) is 7.26. The Labute approximate surface area is 229 Å². The molecule has 4 aromatic rings. The average molecular weight is 553 g/mol. The highest BCUT2D eigenvalue weighted by molar-refractivity contribution is 5.96. The molecule has 11 nitrogen and oxygen atoms in total. The fourth-order valence-corrected chi connectivity index (χ4v) is 5.02. The lowest BCUT2D eigenvalue weighted by Crippen LogP contribution is -2.38. The van der Waals surface area contributed by atoms with Gasteiger partial charge < -0.3 is 20.1 Å². The molecule has 13 heteroatoms. The molecular formula is C27H30F2N8O3. The second-order valence-electron chi connectivity index (χ2n) is 9.88. The van der Waals surface area contributed by atoms with Crippen LogP contribution in [0, 0.1) is 11.6 Å². The number of anilines is 1. The molecule has 0 radical (unpaired) electrons. The Bertz CT molecular complexity index is 1530. The first-order valence-electron chi connectivity index (χ1n) is 13.3. The van der Waals surface area contributed by atoms with E-state index in [2.05, 4.69) is 25.7 Å². The highest BCUT2D eigenvalue weighted by atomic mass is 19.2. The molecule has 2 N–H and O–H groups in total. The second-order valence-corrected chi connectivity index (χ2v) is 9.88. The van der Waals surface area contributed by atoms with E-state index in [0.717, 1.165) is 63.0 Å². The van der Waals surface area contributed by atoms with Crippen LogP contribution >= 0.6 is 0 Å². The van der Waals surface area contributed by atoms with Crippen LogP contribution in [-0.2, 0) is 16.0 Å². The zero-order chi connectivity index (χ0) is 27.6. The van der Waals surface area contributed by atoms with Gasteiger partial charge in [0.15, 0.2) is 17.3 Å². The third kappa shape index (κ3) is 5.27. The molecular weight excluding hydrogens is 522 g/mol. The molecule has 0 spiro atoms. The first-order chi connectivity index (χ1) is 19.5. The number of carbonyl (C=O) groups excluding carboxylic acids is 1. The molecule has 0 saturated carbocycles. The summed E-state index contributed by atoms with van der Waals surface area (Å²) in [4.78, 5) is 19.4. The minimum absolute atomic E-state index is 0.00156. The lowest BCUT2D eigenvalue weighted by atomic mass is 10.0. The number of hydrogen-bond donors (Lipinski definition) is 2. The number of benzene rings is 1. The summed E-state index contributed by atoms with van der Waals surface area (Å²) in [6, 6.07) is 2.22. The van der Waals surface area contributed by atoms with Gasteiger partial charge in [-0.1, -0.05) is 0 Å². The number of carbonyl (C=O) groups is 1. The van der Waals surface area contributed by atoms with E-state index in [9.17, 15) is 13.6 Å². The summed E-state index contributed by atoms with van der Waals surface area (Å²) < 4.78 is 43.9. The summed E-state index contributed by atoms with van der Waals surface area (Å²) in [5, 5.41) is 14.8. The smallest absolute Gasteiger partial charge is 0.251 e. The van der Waals surface area contributed by atoms with Crippen molar-refractivity contribution >= 4 is 17.4 Å². The van der Waals surface area contributed by atoms with E-state index in [1.807, 2.05) is 10.9 Å². The van der Waals surface area contributed by atoms with Crippen molar-refractivity contribution in [2.45, 2.75) is 19.0 Å². The van der Waals surface area contributed by atoms with Gasteiger partial charge in [0.1, 0.15) is 5.82 Å². The molecule has 0 bridgehead atoms. The molecule has 2 aliphatic heterocycles. The van der Waals surface area contributed by atoms with Crippen molar-refractivity contribution in [1.82, 2.24) is 34.6 Å². The first-order valence-corrected chi connectivity index (χ1v) is 13.3. The fourth-order valence-electron chi connectivity index (χ4n) is 5.02. The standard InChI is InChI=1S/C27H30F2N8O3/c1-30-27(38)17-10-20(24(29)23(28)11-17)21-13-32-37-15-22(25(34-26(21)37)33-19-2-7-40-16-19)18-12-31-36(14-18)4-3-35-5-8-39-9-6-35/h10-15,19H,2-9,16H2,1H3,(H,30,38)(H,33,34). The van der Waals surface area contributed by atoms with E-state index in [0.29, 0.717) is 24.7 Å². The minimum Gasteiger partial charge on any atom is -0.379 e. The summed E-state index contributed by atoms with van der Waals surface area (Å²) in [5.41, 5.74) is 2.09. The molecule has 3 aromatic heterocycles. The highest BCUT2D eigenvalue weighted by Crippen LogP contribution is 2.33. The Morgan fingerprint density at radius 3 is 2.65 bits per heavy atom. The van der Waals surface area contributed by atoms with Gasteiger partial charge in [0.25, 0.3) is 5.91 Å². The van der Waals surface area contributed by atoms with Crippen LogP contribution in [0.4, 0.5) is 14.6 Å². The Morgan fingerprint density at radius 2 is 1.88 bits per heavy atom. The van der Waals surface area contributed by atoms with Gasteiger partial charge in [0.05, 0.1) is 44.8 Å². The Balaban J connectivity index is 1.37. The first kappa shape index (κ1) is 26.3. The predicted molar refractivity (Wildman–Crippen MR) is 143 cm³/mol. The number of hydrogen-bond acceptors (Lipinski definition) is 8. The minimum atomic E-state index is -1.13. The SMILES string of the molecule is CNC(=O)c1cc(F)c(F)c(-c2cnn3cc(-c4cnn(CCN5CCOCC5)c4)c(NC4CCOC4)nc23)c1. The van der Waals surface area contributed by atoms with E-state index in [-0.39, 0.29) is 22.7 Å². The highest BCUT2D eigenvalue weighted by Gasteiger charge is 2.23. The van der Waals surface area contributed by atoms with Crippen LogP contribution < -0.4 is 10.6 Å². The molecule has 1 atom stereocenters. The Kier molecular flexibility index (Phi) is 7.41. The molecule has 2 fully saturated rings. The maximum atomic E-state index is 15.0. The van der Waals surface area contributed by atoms with E-state index >= 15 is 0 Å². The van der Waals surface area contributed by atoms with Crippen molar-refractivity contribution in [2.24, 2.45) is 0 Å². The molecule has 5 heterocycles. The van der Waals surface area contributed by atoms with E-state index in [1.165, 1.54) is 23.8 Å². The van der Waals surface area contributed by atoms with Crippen LogP contribution in [0.15, 0.2) is 36.9 Å². The van der Waals surface area contributed by atoms with Crippen molar-refractivity contribution < 1.29 is 23.0 Å². The summed E-state index contributed by atoms with van der Waals surface area (Å²) in [7, 11) is 1.43. The molecule has 1 amide bonds. The van der Waals surface area contributed by atoms with Crippen LogP contribution in [0.2, 0.25) is 0 Å². The maximum absolute atomic E-state index is 15.0. The molecule has 210 valence electrons. The van der Waals surface area contributed by atoms with E-state index in [4.69, 9.17) is 14.5 Å². The number of nitrogens with zero attached hydrogens (tertiary/aromatic N) is 6. The lowest BCUT2D eigenvalue weighted by Gasteiger charge is -2.26. The second kappa shape index (κ2) is 11.3. The van der Waals surface area contributed by atoms with E-state index < -0.39 is 17.5 Å². The summed E-state index contributed by atoms with van der Waals surface area (Å²) in [6.07, 6.45) is 7.78.